The summed E-state index contributed by atoms with van der Waals surface area (Å²) < 4.78 is 111. The zero-order chi connectivity index (χ0) is 55.7. The van der Waals surface area contributed by atoms with Crippen LogP contribution in [-0.4, -0.2) is 309 Å². The van der Waals surface area contributed by atoms with Gasteiger partial charge in [0.2, 0.25) is 0 Å². The van der Waals surface area contributed by atoms with Crippen molar-refractivity contribution in [1.29, 1.82) is 0 Å². The maximum atomic E-state index is 14.3. The molecule has 0 saturated carbocycles. The Kier molecular flexibility index (Phi) is 18.6. The Hall–Kier alpha value is -1.99. The second-order valence-electron chi connectivity index (χ2n) is 20.2. The molecular weight excluding hydrogens is 1070 g/mol. The van der Waals surface area contributed by atoms with E-state index in [0.29, 0.717) is 5.56 Å². The molecule has 0 aliphatic carbocycles. The van der Waals surface area contributed by atoms with Crippen molar-refractivity contribution in [2.75, 3.05) is 39.6 Å². The fourth-order valence-electron chi connectivity index (χ4n) is 11.0. The topological polar surface area (TPSA) is 470 Å². The molecule has 31 nitrogen and oxygen atoms in total. The van der Waals surface area contributed by atoms with Crippen molar-refractivity contribution in [1.82, 2.24) is 0 Å². The van der Waals surface area contributed by atoms with Crippen molar-refractivity contribution in [3.8, 4) is 0 Å². The SMILES string of the molecule is Cc1cc(C)c(S(=O)(=O)O[C@H]2[C@H]3O[C@H]4[C@H](O)[C@@H](O)[C@@H](O[C@H]5[C@H](O)[C@@H](O)[C@@H](O[C@H]6[C@H](O)[C@@H](O)[C@@H](O[C@H]7[C@@H]8O[C@H]8[C@@H](O[C@H]8[C@H](O)[C@@H](O)[C@@H](O[C@@H]([C@@H]2O)[C@@H](CO)O3)O[C@@H]8CO)O[C@@H]7CO)O[C@@H]6CO)O[C@@H]5CO)O[C@@H]4CO)c(C)c1. The quantitative estimate of drug-likeness (QED) is 0.0806. The highest BCUT2D eigenvalue weighted by molar-refractivity contribution is 7.86. The lowest BCUT2D eigenvalue weighted by Crippen LogP contribution is -2.68. The number of aliphatic hydroxyl groups is 15. The van der Waals surface area contributed by atoms with Gasteiger partial charge in [-0.05, 0) is 31.9 Å². The van der Waals surface area contributed by atoms with E-state index in [0.717, 1.165) is 0 Å². The minimum atomic E-state index is -4.99. The third-order valence-electron chi connectivity index (χ3n) is 14.9. The zero-order valence-electron chi connectivity index (χ0n) is 41.4. The molecule has 77 heavy (non-hydrogen) atoms. The molecule has 17 heterocycles. The lowest BCUT2D eigenvalue weighted by molar-refractivity contribution is -0.396. The van der Waals surface area contributed by atoms with Crippen molar-refractivity contribution < 1.29 is 151 Å². The molecule has 17 fully saturated rings. The molecule has 30 atom stereocenters. The standard InChI is InChI=1S/C45H68O31S/c1-12-4-13(2)39(14(3)5-12)77(61,62)76-36-29(60)34-19(10-50)67-44(36)73-32-17(8-48)64-41(26(57)23(32)54)70-30-15(6-46)63-40(25(56)21(30)52)71-31-16(7-47)66-43(28(59)22(31)53)75-35-20(11-51)68-45(38-37(35)69-38)74-33-18(9-49)65-42(72-34)27(58)24(33)55/h4-5,15-38,40-60H,6-11H2,1-3H3/t15-,16-,17-,18-,19-,20-,21-,22-,23-,24-,25-,26-,27-,28-,29+,30-,31-,32-,33-,34-,35-,36-,37+,38-,40-,41-,42-,43-,44-,45-/m1/s1. The van der Waals surface area contributed by atoms with Gasteiger partial charge in [-0.2, -0.15) is 8.42 Å². The van der Waals surface area contributed by atoms with Crippen LogP contribution in [0.15, 0.2) is 17.0 Å². The minimum Gasteiger partial charge on any atom is -0.394 e. The van der Waals surface area contributed by atoms with Gasteiger partial charge in [-0.1, -0.05) is 17.7 Å². The highest BCUT2D eigenvalue weighted by atomic mass is 32.2. The first-order chi connectivity index (χ1) is 36.6. The van der Waals surface area contributed by atoms with Gasteiger partial charge < -0.3 is 138 Å². The Balaban J connectivity index is 1.06. The second-order valence-corrected chi connectivity index (χ2v) is 21.7. The summed E-state index contributed by atoms with van der Waals surface area (Å²) in [5, 5.41) is 167. The molecule has 15 N–H and O–H groups in total. The molecule has 0 spiro atoms. The number of benzene rings is 1. The molecule has 1 aromatic rings. The van der Waals surface area contributed by atoms with Crippen LogP contribution >= 0.6 is 0 Å². The fourth-order valence-corrected chi connectivity index (χ4v) is 12.5. The lowest BCUT2D eigenvalue weighted by Gasteiger charge is -2.50. The number of hydrogen-bond donors (Lipinski definition) is 15. The maximum absolute atomic E-state index is 14.3. The van der Waals surface area contributed by atoms with Gasteiger partial charge in [0.1, 0.15) is 140 Å². The summed E-state index contributed by atoms with van der Waals surface area (Å²) in [5.41, 5.74) is 1.09. The molecule has 17 aliphatic rings. The van der Waals surface area contributed by atoms with E-state index in [9.17, 15) is 85.0 Å². The van der Waals surface area contributed by atoms with E-state index >= 15 is 0 Å². The zero-order valence-corrected chi connectivity index (χ0v) is 42.2. The van der Waals surface area contributed by atoms with Gasteiger partial charge in [-0.15, -0.1) is 0 Å². The molecule has 18 rings (SSSR count). The van der Waals surface area contributed by atoms with E-state index in [-0.39, 0.29) is 16.0 Å². The Bertz CT molecular complexity index is 2220. The molecule has 17 aliphatic heterocycles. The maximum Gasteiger partial charge on any atom is 0.298 e. The molecule has 12 bridgehead atoms. The lowest BCUT2D eigenvalue weighted by atomic mass is 9.95. The van der Waals surface area contributed by atoms with Crippen molar-refractivity contribution in [2.24, 2.45) is 0 Å². The summed E-state index contributed by atoms with van der Waals surface area (Å²) in [6, 6.07) is 3.07. The average Bonchev–Trinajstić information content (AvgIpc) is 4.34. The van der Waals surface area contributed by atoms with Crippen LogP contribution in [-0.2, 0) is 75.9 Å². The van der Waals surface area contributed by atoms with Gasteiger partial charge in [-0.3, -0.25) is 4.18 Å². The van der Waals surface area contributed by atoms with Gasteiger partial charge in [0.25, 0.3) is 10.1 Å². The molecular formula is C45H68O31S. The van der Waals surface area contributed by atoms with Gasteiger partial charge in [-0.25, -0.2) is 0 Å². The predicted octanol–water partition coefficient (Wildman–Crippen LogP) is -9.67. The van der Waals surface area contributed by atoms with Crippen LogP contribution < -0.4 is 0 Å². The smallest absolute Gasteiger partial charge is 0.298 e. The summed E-state index contributed by atoms with van der Waals surface area (Å²) in [5.74, 6) is 0. The predicted molar refractivity (Wildman–Crippen MR) is 239 cm³/mol. The fraction of sp³-hybridized carbons (Fsp3) is 0.867. The van der Waals surface area contributed by atoms with Crippen LogP contribution in [0.4, 0.5) is 0 Å². The summed E-state index contributed by atoms with van der Waals surface area (Å²) in [4.78, 5) is -0.349. The van der Waals surface area contributed by atoms with Crippen LogP contribution in [0.25, 0.3) is 0 Å². The number of aliphatic hydroxyl groups excluding tert-OH is 15. The summed E-state index contributed by atoms with van der Waals surface area (Å²) in [7, 11) is -4.99. The van der Waals surface area contributed by atoms with E-state index in [2.05, 4.69) is 0 Å². The van der Waals surface area contributed by atoms with Crippen molar-refractivity contribution in [3.63, 3.8) is 0 Å². The van der Waals surface area contributed by atoms with E-state index < -0.39 is 234 Å². The number of ether oxygens (including phenoxy) is 13. The van der Waals surface area contributed by atoms with Gasteiger partial charge >= 0.3 is 0 Å². The molecule has 0 unspecified atom stereocenters. The van der Waals surface area contributed by atoms with Crippen LogP contribution in [0.2, 0.25) is 0 Å². The number of epoxide rings is 1. The van der Waals surface area contributed by atoms with E-state index in [1.54, 1.807) is 6.92 Å². The summed E-state index contributed by atoms with van der Waals surface area (Å²) >= 11 is 0. The highest BCUT2D eigenvalue weighted by Crippen LogP contribution is 2.44. The first-order valence-corrected chi connectivity index (χ1v) is 26.3. The van der Waals surface area contributed by atoms with Crippen molar-refractivity contribution in [2.45, 2.75) is 210 Å². The number of rotatable bonds is 9. The summed E-state index contributed by atoms with van der Waals surface area (Å²) in [6.45, 7) is -1.20. The average molecular weight is 1140 g/mol. The minimum absolute atomic E-state index is 0.206. The molecule has 0 amide bonds. The van der Waals surface area contributed by atoms with E-state index in [4.69, 9.17) is 65.8 Å². The van der Waals surface area contributed by atoms with Crippen LogP contribution in [0, 0.1) is 20.8 Å². The third kappa shape index (κ3) is 11.5. The number of aryl methyl sites for hydroxylation is 3. The Morgan fingerprint density at radius 1 is 0.351 bits per heavy atom. The number of hydrogen-bond acceptors (Lipinski definition) is 31. The van der Waals surface area contributed by atoms with Gasteiger partial charge in [0, 0.05) is 0 Å². The molecule has 32 heteroatoms. The molecule has 1 aromatic carbocycles. The van der Waals surface area contributed by atoms with Crippen LogP contribution in [0.5, 0.6) is 0 Å². The molecule has 0 radical (unpaired) electrons. The molecule has 0 aromatic heterocycles. The van der Waals surface area contributed by atoms with Gasteiger partial charge in [0.05, 0.1) is 44.5 Å². The van der Waals surface area contributed by atoms with Crippen molar-refractivity contribution >= 4 is 10.1 Å². The van der Waals surface area contributed by atoms with Crippen LogP contribution in [0.1, 0.15) is 16.7 Å². The third-order valence-corrected chi connectivity index (χ3v) is 16.5. The van der Waals surface area contributed by atoms with Crippen LogP contribution in [0.3, 0.4) is 0 Å². The summed E-state index contributed by atoms with van der Waals surface area (Å²) in [6.07, 6.45) is -55.6. The second kappa shape index (κ2) is 24.1. The normalized spacial score (nSPS) is 49.7. The Morgan fingerprint density at radius 2 is 0.636 bits per heavy atom. The van der Waals surface area contributed by atoms with Crippen molar-refractivity contribution in [3.05, 3.63) is 28.8 Å². The monoisotopic (exact) mass is 1140 g/mol. The first-order valence-electron chi connectivity index (χ1n) is 24.9. The van der Waals surface area contributed by atoms with Gasteiger partial charge in [0.15, 0.2) is 43.8 Å². The molecule has 440 valence electrons. The first kappa shape index (κ1) is 59.6. The molecule has 17 saturated heterocycles. The Labute approximate surface area is 438 Å². The van der Waals surface area contributed by atoms with E-state index in [1.165, 1.54) is 26.0 Å². The largest absolute Gasteiger partial charge is 0.394 e. The highest BCUT2D eigenvalue weighted by Gasteiger charge is 2.63. The van der Waals surface area contributed by atoms with E-state index in [1.807, 2.05) is 0 Å². The Morgan fingerprint density at radius 3 is 1.00 bits per heavy atom.